The van der Waals surface area contributed by atoms with Gasteiger partial charge < -0.3 is 19.5 Å². The van der Waals surface area contributed by atoms with Crippen molar-refractivity contribution in [1.29, 1.82) is 0 Å². The first-order valence-corrected chi connectivity index (χ1v) is 7.97. The number of rotatable bonds is 9. The summed E-state index contributed by atoms with van der Waals surface area (Å²) in [6.07, 6.45) is 0.966. The molecule has 1 amide bonds. The number of benzene rings is 2. The highest BCUT2D eigenvalue weighted by Crippen LogP contribution is 2.25. The Balaban J connectivity index is 1.68. The van der Waals surface area contributed by atoms with Gasteiger partial charge in [-0.15, -0.1) is 0 Å². The van der Waals surface area contributed by atoms with Crippen LogP contribution in [-0.2, 0) is 11.2 Å². The van der Waals surface area contributed by atoms with Gasteiger partial charge in [-0.05, 0) is 36.2 Å². The van der Waals surface area contributed by atoms with Crippen LogP contribution in [0.4, 0.5) is 0 Å². The average Bonchev–Trinajstić information content (AvgIpc) is 2.64. The molecule has 5 nitrogen and oxygen atoms in total. The molecular formula is C19H23NO4. The first-order chi connectivity index (χ1) is 11.7. The minimum atomic E-state index is -0.202. The summed E-state index contributed by atoms with van der Waals surface area (Å²) in [6, 6.07) is 15.2. The van der Waals surface area contributed by atoms with E-state index >= 15 is 0 Å². The largest absolute Gasteiger partial charge is 0.493 e. The second kappa shape index (κ2) is 9.45. The van der Waals surface area contributed by atoms with Gasteiger partial charge in [-0.2, -0.15) is 0 Å². The van der Waals surface area contributed by atoms with Crippen molar-refractivity contribution in [2.75, 3.05) is 26.9 Å². The summed E-state index contributed by atoms with van der Waals surface area (Å²) in [7, 11) is 1.56. The Bertz CT molecular complexity index is 657. The number of hydrogen-bond acceptors (Lipinski definition) is 4. The Morgan fingerprint density at radius 2 is 1.83 bits per heavy atom. The standard InChI is InChI=1S/C19H23NO4/c1-3-15-7-6-8-16(13-15)23-12-11-20-19(21)14-24-18-10-5-4-9-17(18)22-2/h4-10,13H,3,11-12,14H2,1-2H3,(H,20,21). The third-order valence-corrected chi connectivity index (χ3v) is 3.43. The highest BCUT2D eigenvalue weighted by Gasteiger charge is 2.06. The molecule has 0 saturated heterocycles. The molecule has 2 aromatic rings. The van der Waals surface area contributed by atoms with Crippen LogP contribution in [0.1, 0.15) is 12.5 Å². The van der Waals surface area contributed by atoms with Gasteiger partial charge in [0.15, 0.2) is 18.1 Å². The van der Waals surface area contributed by atoms with Gasteiger partial charge in [0.05, 0.1) is 13.7 Å². The maximum atomic E-state index is 11.8. The van der Waals surface area contributed by atoms with Crippen LogP contribution < -0.4 is 19.5 Å². The average molecular weight is 329 g/mol. The van der Waals surface area contributed by atoms with E-state index in [1.807, 2.05) is 30.3 Å². The van der Waals surface area contributed by atoms with E-state index in [9.17, 15) is 4.79 Å². The molecule has 0 aromatic heterocycles. The van der Waals surface area contributed by atoms with Crippen molar-refractivity contribution in [3.8, 4) is 17.2 Å². The summed E-state index contributed by atoms with van der Waals surface area (Å²) in [5, 5.41) is 2.76. The van der Waals surface area contributed by atoms with E-state index < -0.39 is 0 Å². The highest BCUT2D eigenvalue weighted by atomic mass is 16.5. The minimum absolute atomic E-state index is 0.0638. The molecular weight excluding hydrogens is 306 g/mol. The molecule has 2 aromatic carbocycles. The number of aryl methyl sites for hydroxylation is 1. The van der Waals surface area contributed by atoms with Crippen LogP contribution in [0.5, 0.6) is 17.2 Å². The lowest BCUT2D eigenvalue weighted by molar-refractivity contribution is -0.123. The van der Waals surface area contributed by atoms with Gasteiger partial charge in [0.2, 0.25) is 0 Å². The Morgan fingerprint density at radius 3 is 2.58 bits per heavy atom. The molecule has 128 valence electrons. The number of methoxy groups -OCH3 is 1. The second-order valence-corrected chi connectivity index (χ2v) is 5.14. The van der Waals surface area contributed by atoms with Crippen LogP contribution >= 0.6 is 0 Å². The van der Waals surface area contributed by atoms with Crippen LogP contribution in [0.3, 0.4) is 0 Å². The molecule has 0 saturated carbocycles. The molecule has 0 heterocycles. The van der Waals surface area contributed by atoms with Gasteiger partial charge in [0.25, 0.3) is 5.91 Å². The van der Waals surface area contributed by atoms with Crippen molar-refractivity contribution < 1.29 is 19.0 Å². The van der Waals surface area contributed by atoms with Crippen LogP contribution in [0, 0.1) is 0 Å². The van der Waals surface area contributed by atoms with Crippen molar-refractivity contribution in [2.45, 2.75) is 13.3 Å². The van der Waals surface area contributed by atoms with E-state index in [1.54, 1.807) is 19.2 Å². The summed E-state index contributed by atoms with van der Waals surface area (Å²) in [5.74, 6) is 1.76. The SMILES string of the molecule is CCc1cccc(OCCNC(=O)COc2ccccc2OC)c1. The van der Waals surface area contributed by atoms with E-state index in [0.29, 0.717) is 24.7 Å². The zero-order valence-electron chi connectivity index (χ0n) is 14.1. The van der Waals surface area contributed by atoms with Gasteiger partial charge in [0, 0.05) is 0 Å². The van der Waals surface area contributed by atoms with Crippen LogP contribution in [0.15, 0.2) is 48.5 Å². The molecule has 1 N–H and O–H groups in total. The monoisotopic (exact) mass is 329 g/mol. The van der Waals surface area contributed by atoms with Crippen molar-refractivity contribution in [2.24, 2.45) is 0 Å². The summed E-state index contributed by atoms with van der Waals surface area (Å²) in [6.45, 7) is 2.87. The fourth-order valence-corrected chi connectivity index (χ4v) is 2.15. The minimum Gasteiger partial charge on any atom is -0.493 e. The number of nitrogens with one attached hydrogen (secondary N) is 1. The molecule has 0 aliphatic rings. The van der Waals surface area contributed by atoms with Crippen molar-refractivity contribution in [1.82, 2.24) is 5.32 Å². The summed E-state index contributed by atoms with van der Waals surface area (Å²) in [4.78, 5) is 11.8. The van der Waals surface area contributed by atoms with E-state index in [1.165, 1.54) is 5.56 Å². The molecule has 2 rings (SSSR count). The number of ether oxygens (including phenoxy) is 3. The van der Waals surface area contributed by atoms with Crippen LogP contribution in [0.25, 0.3) is 0 Å². The number of carbonyl (C=O) groups is 1. The molecule has 0 unspecified atom stereocenters. The normalized spacial score (nSPS) is 10.1. The Kier molecular flexibility index (Phi) is 6.95. The fourth-order valence-electron chi connectivity index (χ4n) is 2.15. The number of hydrogen-bond donors (Lipinski definition) is 1. The van der Waals surface area contributed by atoms with E-state index in [0.717, 1.165) is 12.2 Å². The molecule has 24 heavy (non-hydrogen) atoms. The van der Waals surface area contributed by atoms with E-state index in [2.05, 4.69) is 18.3 Å². The molecule has 0 fully saturated rings. The molecule has 0 aliphatic carbocycles. The lowest BCUT2D eigenvalue weighted by Gasteiger charge is -2.11. The van der Waals surface area contributed by atoms with Gasteiger partial charge in [0.1, 0.15) is 12.4 Å². The number of para-hydroxylation sites is 2. The Hall–Kier alpha value is -2.69. The Morgan fingerprint density at radius 1 is 1.04 bits per heavy atom. The predicted octanol–water partition coefficient (Wildman–Crippen LogP) is 2.83. The highest BCUT2D eigenvalue weighted by molar-refractivity contribution is 5.77. The summed E-state index contributed by atoms with van der Waals surface area (Å²) >= 11 is 0. The molecule has 0 atom stereocenters. The van der Waals surface area contributed by atoms with Gasteiger partial charge in [-0.1, -0.05) is 31.2 Å². The maximum Gasteiger partial charge on any atom is 0.258 e. The van der Waals surface area contributed by atoms with Gasteiger partial charge >= 0.3 is 0 Å². The summed E-state index contributed by atoms with van der Waals surface area (Å²) < 4.78 is 16.2. The fraction of sp³-hybridized carbons (Fsp3) is 0.316. The van der Waals surface area contributed by atoms with Crippen LogP contribution in [0.2, 0.25) is 0 Å². The number of carbonyl (C=O) groups excluding carboxylic acids is 1. The third-order valence-electron chi connectivity index (χ3n) is 3.43. The van der Waals surface area contributed by atoms with Crippen molar-refractivity contribution in [3.63, 3.8) is 0 Å². The lowest BCUT2D eigenvalue weighted by Crippen LogP contribution is -2.32. The van der Waals surface area contributed by atoms with Gasteiger partial charge in [-0.25, -0.2) is 0 Å². The van der Waals surface area contributed by atoms with Crippen molar-refractivity contribution >= 4 is 5.91 Å². The lowest BCUT2D eigenvalue weighted by atomic mass is 10.2. The smallest absolute Gasteiger partial charge is 0.258 e. The molecule has 0 bridgehead atoms. The molecule has 5 heteroatoms. The zero-order valence-corrected chi connectivity index (χ0v) is 14.1. The second-order valence-electron chi connectivity index (χ2n) is 5.14. The van der Waals surface area contributed by atoms with E-state index in [-0.39, 0.29) is 12.5 Å². The zero-order chi connectivity index (χ0) is 17.2. The quantitative estimate of drug-likeness (QED) is 0.719. The van der Waals surface area contributed by atoms with E-state index in [4.69, 9.17) is 14.2 Å². The number of amides is 1. The predicted molar refractivity (Wildman–Crippen MR) is 92.8 cm³/mol. The van der Waals surface area contributed by atoms with Crippen molar-refractivity contribution in [3.05, 3.63) is 54.1 Å². The third kappa shape index (κ3) is 5.50. The van der Waals surface area contributed by atoms with Crippen LogP contribution in [-0.4, -0.2) is 32.8 Å². The first-order valence-electron chi connectivity index (χ1n) is 7.97. The topological polar surface area (TPSA) is 56.8 Å². The molecule has 0 aliphatic heterocycles. The Labute approximate surface area is 142 Å². The molecule has 0 radical (unpaired) electrons. The summed E-state index contributed by atoms with van der Waals surface area (Å²) in [5.41, 5.74) is 1.22. The molecule has 0 spiro atoms. The maximum absolute atomic E-state index is 11.8. The first kappa shape index (κ1) is 17.7. The van der Waals surface area contributed by atoms with Gasteiger partial charge in [-0.3, -0.25) is 4.79 Å².